The smallest absolute Gasteiger partial charge is 0.0920 e. The van der Waals surface area contributed by atoms with E-state index in [2.05, 4.69) is 25.2 Å². The van der Waals surface area contributed by atoms with Gasteiger partial charge >= 0.3 is 0 Å². The number of ether oxygens (including phenoxy) is 1. The Bertz CT molecular complexity index is 134. The van der Waals surface area contributed by atoms with E-state index < -0.39 is 0 Å². The molecule has 0 aliphatic rings. The fraction of sp³-hybridized carbons (Fsp3) is 0.714. The van der Waals surface area contributed by atoms with Gasteiger partial charge < -0.3 is 4.74 Å². The van der Waals surface area contributed by atoms with Crippen molar-refractivity contribution in [2.24, 2.45) is 0 Å². The van der Waals surface area contributed by atoms with Gasteiger partial charge in [-0.3, -0.25) is 0 Å². The molecule has 0 aromatic heterocycles. The largest absolute Gasteiger partial charge is 0.499 e. The second-order valence-electron chi connectivity index (χ2n) is 2.26. The van der Waals surface area contributed by atoms with E-state index in [1.807, 2.05) is 41.5 Å². The van der Waals surface area contributed by atoms with Gasteiger partial charge in [-0.25, -0.2) is 0 Å². The van der Waals surface area contributed by atoms with Gasteiger partial charge in [-0.1, -0.05) is 46.8 Å². The van der Waals surface area contributed by atoms with Gasteiger partial charge in [-0.2, -0.15) is 0 Å². The second kappa shape index (κ2) is 23.3. The van der Waals surface area contributed by atoms with Crippen molar-refractivity contribution in [3.63, 3.8) is 0 Å². The van der Waals surface area contributed by atoms with E-state index in [1.54, 1.807) is 0 Å². The highest BCUT2D eigenvalue weighted by molar-refractivity contribution is 4.97. The number of hydrogen-bond donors (Lipinski definition) is 0. The minimum absolute atomic E-state index is 0.773. The molecule has 92 valence electrons. The molecule has 0 radical (unpaired) electrons. The predicted octanol–water partition coefficient (Wildman–Crippen LogP) is 5.34. The summed E-state index contributed by atoms with van der Waals surface area (Å²) in [5.41, 5.74) is 0. The highest BCUT2D eigenvalue weighted by Gasteiger charge is 1.89. The Balaban J connectivity index is -0.000000318. The maximum Gasteiger partial charge on any atom is 0.0920 e. The third-order valence-corrected chi connectivity index (χ3v) is 1.40. The van der Waals surface area contributed by atoms with Crippen LogP contribution in [-0.2, 0) is 4.74 Å². The fourth-order valence-corrected chi connectivity index (χ4v) is 0.826. The highest BCUT2D eigenvalue weighted by atomic mass is 16.5. The van der Waals surface area contributed by atoms with E-state index in [1.165, 1.54) is 0 Å². The quantitative estimate of drug-likeness (QED) is 0.443. The molecule has 0 heterocycles. The summed E-state index contributed by atoms with van der Waals surface area (Å²) in [4.78, 5) is 0. The summed E-state index contributed by atoms with van der Waals surface area (Å²) < 4.78 is 5.36. The lowest BCUT2D eigenvalue weighted by Crippen LogP contribution is -1.89. The summed E-state index contributed by atoms with van der Waals surface area (Å²) in [6, 6.07) is 0. The lowest BCUT2D eigenvalue weighted by Gasteiger charge is -2.04. The summed E-state index contributed by atoms with van der Waals surface area (Å²) in [5, 5.41) is 0. The van der Waals surface area contributed by atoms with Gasteiger partial charge in [0, 0.05) is 6.42 Å². The molecule has 15 heavy (non-hydrogen) atoms. The van der Waals surface area contributed by atoms with Crippen LogP contribution < -0.4 is 0 Å². The fourth-order valence-electron chi connectivity index (χ4n) is 0.826. The van der Waals surface area contributed by atoms with Crippen molar-refractivity contribution in [1.82, 2.24) is 0 Å². The lowest BCUT2D eigenvalue weighted by atomic mass is 10.3. The van der Waals surface area contributed by atoms with Crippen LogP contribution in [0.4, 0.5) is 0 Å². The Labute approximate surface area is 97.2 Å². The minimum atomic E-state index is 0.773. The average Bonchev–Trinajstić information content (AvgIpc) is 2.33. The SMILES string of the molecule is C/C=C\CC=C(CC)OCC.CC.CC. The van der Waals surface area contributed by atoms with Crippen molar-refractivity contribution in [3.05, 3.63) is 24.0 Å². The van der Waals surface area contributed by atoms with Gasteiger partial charge in [-0.15, -0.1) is 0 Å². The molecule has 0 aromatic carbocycles. The minimum Gasteiger partial charge on any atom is -0.499 e. The molecule has 0 amide bonds. The summed E-state index contributed by atoms with van der Waals surface area (Å²) >= 11 is 0. The standard InChI is InChI=1S/C10H18O.2C2H6/c1-4-7-8-9-10(5-2)11-6-3;2*1-2/h4,7,9H,5-6,8H2,1-3H3;2*1-2H3/b7-4-,10-9?;;. The molecule has 0 saturated heterocycles. The molecule has 0 rings (SSSR count). The average molecular weight is 214 g/mol. The first kappa shape index (κ1) is 19.8. The first-order valence-electron chi connectivity index (χ1n) is 6.28. The van der Waals surface area contributed by atoms with Crippen molar-refractivity contribution in [1.29, 1.82) is 0 Å². The van der Waals surface area contributed by atoms with Crippen molar-refractivity contribution in [2.75, 3.05) is 6.61 Å². The monoisotopic (exact) mass is 214 g/mol. The molecule has 0 spiro atoms. The third kappa shape index (κ3) is 19.6. The molecule has 0 fully saturated rings. The van der Waals surface area contributed by atoms with Gasteiger partial charge in [0.25, 0.3) is 0 Å². The zero-order valence-corrected chi connectivity index (χ0v) is 11.8. The van der Waals surface area contributed by atoms with E-state index in [4.69, 9.17) is 4.74 Å². The van der Waals surface area contributed by atoms with E-state index in [-0.39, 0.29) is 0 Å². The van der Waals surface area contributed by atoms with Crippen molar-refractivity contribution in [3.8, 4) is 0 Å². The van der Waals surface area contributed by atoms with Crippen molar-refractivity contribution < 1.29 is 4.74 Å². The van der Waals surface area contributed by atoms with Gasteiger partial charge in [0.05, 0.1) is 12.4 Å². The first-order chi connectivity index (χ1) is 7.35. The maximum absolute atomic E-state index is 5.36. The molecular weight excluding hydrogens is 184 g/mol. The van der Waals surface area contributed by atoms with Gasteiger partial charge in [0.2, 0.25) is 0 Å². The molecule has 0 unspecified atom stereocenters. The molecule has 0 aliphatic heterocycles. The van der Waals surface area contributed by atoms with Crippen molar-refractivity contribution >= 4 is 0 Å². The molecule has 0 atom stereocenters. The van der Waals surface area contributed by atoms with Crippen LogP contribution in [0.5, 0.6) is 0 Å². The lowest BCUT2D eigenvalue weighted by molar-refractivity contribution is 0.220. The van der Waals surface area contributed by atoms with Gasteiger partial charge in [0.1, 0.15) is 0 Å². The summed E-state index contributed by atoms with van der Waals surface area (Å²) in [6.45, 7) is 14.9. The molecule has 0 aliphatic carbocycles. The van der Waals surface area contributed by atoms with Crippen molar-refractivity contribution in [2.45, 2.75) is 61.3 Å². The van der Waals surface area contributed by atoms with Crippen LogP contribution in [0.2, 0.25) is 0 Å². The van der Waals surface area contributed by atoms with Crippen LogP contribution in [0.3, 0.4) is 0 Å². The van der Waals surface area contributed by atoms with E-state index in [0.717, 1.165) is 25.2 Å². The predicted molar refractivity (Wildman–Crippen MR) is 72.1 cm³/mol. The maximum atomic E-state index is 5.36. The molecule has 0 N–H and O–H groups in total. The number of allylic oxidation sites excluding steroid dienone is 4. The van der Waals surface area contributed by atoms with E-state index in [0.29, 0.717) is 0 Å². The Kier molecular flexibility index (Phi) is 30.7. The van der Waals surface area contributed by atoms with E-state index >= 15 is 0 Å². The van der Waals surface area contributed by atoms with Crippen LogP contribution in [0.25, 0.3) is 0 Å². The Morgan fingerprint density at radius 1 is 1.07 bits per heavy atom. The third-order valence-electron chi connectivity index (χ3n) is 1.40. The molecule has 0 aromatic rings. The zero-order chi connectivity index (χ0) is 12.5. The highest BCUT2D eigenvalue weighted by Crippen LogP contribution is 2.03. The van der Waals surface area contributed by atoms with Crippen LogP contribution >= 0.6 is 0 Å². The molecule has 0 bridgehead atoms. The Morgan fingerprint density at radius 2 is 1.60 bits per heavy atom. The number of hydrogen-bond acceptors (Lipinski definition) is 1. The molecule has 1 nitrogen and oxygen atoms in total. The molecular formula is C14H30O. The zero-order valence-electron chi connectivity index (χ0n) is 11.8. The van der Waals surface area contributed by atoms with Gasteiger partial charge in [-0.05, 0) is 26.3 Å². The topological polar surface area (TPSA) is 9.23 Å². The summed E-state index contributed by atoms with van der Waals surface area (Å²) in [5.74, 6) is 1.10. The normalized spacial score (nSPS) is 9.93. The van der Waals surface area contributed by atoms with Crippen LogP contribution in [0, 0.1) is 0 Å². The van der Waals surface area contributed by atoms with Crippen LogP contribution in [0.15, 0.2) is 24.0 Å². The van der Waals surface area contributed by atoms with Crippen LogP contribution in [-0.4, -0.2) is 6.61 Å². The Hall–Kier alpha value is -0.720. The van der Waals surface area contributed by atoms with E-state index in [9.17, 15) is 0 Å². The van der Waals surface area contributed by atoms with Gasteiger partial charge in [0.15, 0.2) is 0 Å². The van der Waals surface area contributed by atoms with Crippen LogP contribution in [0.1, 0.15) is 61.3 Å². The first-order valence-corrected chi connectivity index (χ1v) is 6.28. The molecule has 0 saturated carbocycles. The second-order valence-corrected chi connectivity index (χ2v) is 2.26. The molecule has 1 heteroatoms. The number of rotatable bonds is 5. The summed E-state index contributed by atoms with van der Waals surface area (Å²) in [7, 11) is 0. The summed E-state index contributed by atoms with van der Waals surface area (Å²) in [6.07, 6.45) is 8.28. The Morgan fingerprint density at radius 3 is 1.93 bits per heavy atom.